The maximum atomic E-state index is 12.7. The molecule has 10 heteroatoms. The molecule has 1 atom stereocenters. The number of carboxylic acid groups (broad SMARTS) is 1. The van der Waals surface area contributed by atoms with Gasteiger partial charge in [0.25, 0.3) is 5.91 Å². The third-order valence-electron chi connectivity index (χ3n) is 5.97. The average Bonchev–Trinajstić information content (AvgIpc) is 2.91. The molecule has 0 saturated heterocycles. The number of carbonyl (C=O) groups excluding carboxylic acids is 1. The number of halogens is 1. The summed E-state index contributed by atoms with van der Waals surface area (Å²) in [6, 6.07) is 15.6. The van der Waals surface area contributed by atoms with Crippen molar-refractivity contribution in [2.45, 2.75) is 32.8 Å². The van der Waals surface area contributed by atoms with E-state index in [2.05, 4.69) is 5.32 Å². The lowest BCUT2D eigenvalue weighted by Crippen LogP contribution is -2.25. The standard InChI is InChI=1S/C29H30ClNO8/c1-3-35-21-10-5-18(25(15-21)36-4-2)11-13-31-28(32)19-6-8-20(9-7-19)38-27-17-26-22(16-23(27)30)24(12-14-37-26)39-29(33)34/h5-10,15-17,24H,3-4,11-14H2,1-2H3,(H,31,32)(H,33,34). The van der Waals surface area contributed by atoms with Gasteiger partial charge >= 0.3 is 6.16 Å². The Morgan fingerprint density at radius 1 is 1.00 bits per heavy atom. The summed E-state index contributed by atoms with van der Waals surface area (Å²) in [5.41, 5.74) is 2.01. The Kier molecular flexibility index (Phi) is 9.38. The first-order valence-corrected chi connectivity index (χ1v) is 13.1. The topological polar surface area (TPSA) is 113 Å². The summed E-state index contributed by atoms with van der Waals surface area (Å²) >= 11 is 6.39. The lowest BCUT2D eigenvalue weighted by Gasteiger charge is -2.25. The van der Waals surface area contributed by atoms with E-state index in [1.165, 1.54) is 0 Å². The van der Waals surface area contributed by atoms with E-state index in [-0.39, 0.29) is 10.9 Å². The minimum Gasteiger partial charge on any atom is -0.494 e. The van der Waals surface area contributed by atoms with E-state index in [0.29, 0.717) is 67.6 Å². The molecule has 4 rings (SSSR count). The molecular formula is C29H30ClNO8. The molecule has 3 aromatic rings. The first-order valence-electron chi connectivity index (χ1n) is 12.7. The van der Waals surface area contributed by atoms with Crippen LogP contribution in [0, 0.1) is 0 Å². The van der Waals surface area contributed by atoms with Crippen LogP contribution < -0.4 is 24.3 Å². The van der Waals surface area contributed by atoms with E-state index >= 15 is 0 Å². The molecule has 0 bridgehead atoms. The number of hydrogen-bond donors (Lipinski definition) is 2. The summed E-state index contributed by atoms with van der Waals surface area (Å²) in [5.74, 6) is 2.53. The minimum atomic E-state index is -1.36. The van der Waals surface area contributed by atoms with Gasteiger partial charge in [-0.1, -0.05) is 17.7 Å². The van der Waals surface area contributed by atoms with Crippen LogP contribution in [0.15, 0.2) is 54.6 Å². The van der Waals surface area contributed by atoms with Gasteiger partial charge in [0.05, 0.1) is 24.8 Å². The van der Waals surface area contributed by atoms with Gasteiger partial charge in [0.2, 0.25) is 0 Å². The number of rotatable bonds is 11. The quantitative estimate of drug-likeness (QED) is 0.261. The highest BCUT2D eigenvalue weighted by atomic mass is 35.5. The first kappa shape index (κ1) is 27.9. The van der Waals surface area contributed by atoms with Crippen LogP contribution in [0.25, 0.3) is 0 Å². The fourth-order valence-electron chi connectivity index (χ4n) is 4.18. The Morgan fingerprint density at radius 2 is 1.74 bits per heavy atom. The van der Waals surface area contributed by atoms with Crippen LogP contribution in [0.4, 0.5) is 4.79 Å². The summed E-state index contributed by atoms with van der Waals surface area (Å²) in [6.07, 6.45) is -1.02. The molecule has 1 unspecified atom stereocenters. The minimum absolute atomic E-state index is 0.213. The van der Waals surface area contributed by atoms with Crippen LogP contribution in [0.5, 0.6) is 28.7 Å². The Morgan fingerprint density at radius 3 is 2.46 bits per heavy atom. The van der Waals surface area contributed by atoms with Crippen LogP contribution >= 0.6 is 11.6 Å². The molecule has 1 heterocycles. The van der Waals surface area contributed by atoms with Gasteiger partial charge < -0.3 is 34.1 Å². The molecule has 1 aliphatic heterocycles. The number of nitrogens with one attached hydrogen (secondary N) is 1. The van der Waals surface area contributed by atoms with E-state index in [1.807, 2.05) is 32.0 Å². The highest BCUT2D eigenvalue weighted by molar-refractivity contribution is 6.32. The van der Waals surface area contributed by atoms with Crippen molar-refractivity contribution in [1.82, 2.24) is 5.32 Å². The maximum Gasteiger partial charge on any atom is 0.506 e. The van der Waals surface area contributed by atoms with Gasteiger partial charge in [0.1, 0.15) is 34.9 Å². The molecule has 206 valence electrons. The molecule has 2 N–H and O–H groups in total. The number of fused-ring (bicyclic) bond motifs is 1. The van der Waals surface area contributed by atoms with Gasteiger partial charge in [-0.25, -0.2) is 4.79 Å². The number of amides is 1. The van der Waals surface area contributed by atoms with Crippen molar-refractivity contribution >= 4 is 23.7 Å². The van der Waals surface area contributed by atoms with E-state index in [0.717, 1.165) is 17.1 Å². The molecule has 0 spiro atoms. The van der Waals surface area contributed by atoms with Crippen LogP contribution in [-0.2, 0) is 11.2 Å². The normalized spacial score (nSPS) is 14.0. The molecule has 1 amide bonds. The summed E-state index contributed by atoms with van der Waals surface area (Å²) in [6.45, 7) is 5.70. The molecule has 39 heavy (non-hydrogen) atoms. The number of carbonyl (C=O) groups is 2. The largest absolute Gasteiger partial charge is 0.506 e. The smallest absolute Gasteiger partial charge is 0.494 e. The monoisotopic (exact) mass is 555 g/mol. The lowest BCUT2D eigenvalue weighted by molar-refractivity contribution is 0.0326. The predicted octanol–water partition coefficient (Wildman–Crippen LogP) is 6.42. The molecule has 0 aromatic heterocycles. The number of ether oxygens (including phenoxy) is 5. The zero-order chi connectivity index (χ0) is 27.8. The summed E-state index contributed by atoms with van der Waals surface area (Å²) < 4.78 is 27.8. The molecule has 0 fully saturated rings. The first-order chi connectivity index (χ1) is 18.9. The molecule has 1 aliphatic rings. The van der Waals surface area contributed by atoms with Crippen LogP contribution in [-0.4, -0.2) is 43.5 Å². The SMILES string of the molecule is CCOc1ccc(CCNC(=O)c2ccc(Oc3cc4c(cc3Cl)C(OC(=O)O)CCO4)cc2)c(OCC)c1. The highest BCUT2D eigenvalue weighted by Gasteiger charge is 2.27. The van der Waals surface area contributed by atoms with E-state index in [9.17, 15) is 9.59 Å². The van der Waals surface area contributed by atoms with Crippen LogP contribution in [0.1, 0.15) is 47.9 Å². The van der Waals surface area contributed by atoms with Gasteiger partial charge in [0.15, 0.2) is 0 Å². The van der Waals surface area contributed by atoms with Gasteiger partial charge in [0, 0.05) is 36.2 Å². The molecule has 0 saturated carbocycles. The second-order valence-corrected chi connectivity index (χ2v) is 9.01. The van der Waals surface area contributed by atoms with Crippen molar-refractivity contribution in [3.63, 3.8) is 0 Å². The summed E-state index contributed by atoms with van der Waals surface area (Å²) in [5, 5.41) is 12.2. The lowest BCUT2D eigenvalue weighted by atomic mass is 10.0. The third kappa shape index (κ3) is 7.26. The van der Waals surface area contributed by atoms with Gasteiger partial charge in [-0.05, 0) is 62.2 Å². The summed E-state index contributed by atoms with van der Waals surface area (Å²) in [4.78, 5) is 23.7. The van der Waals surface area contributed by atoms with Crippen molar-refractivity contribution in [2.24, 2.45) is 0 Å². The fourth-order valence-corrected chi connectivity index (χ4v) is 4.39. The Balaban J connectivity index is 1.35. The molecule has 0 radical (unpaired) electrons. The second-order valence-electron chi connectivity index (χ2n) is 8.60. The van der Waals surface area contributed by atoms with Crippen molar-refractivity contribution in [2.75, 3.05) is 26.4 Å². The highest BCUT2D eigenvalue weighted by Crippen LogP contribution is 2.42. The number of benzene rings is 3. The average molecular weight is 556 g/mol. The van der Waals surface area contributed by atoms with E-state index in [1.54, 1.807) is 36.4 Å². The van der Waals surface area contributed by atoms with Crippen molar-refractivity contribution in [3.8, 4) is 28.7 Å². The summed E-state index contributed by atoms with van der Waals surface area (Å²) in [7, 11) is 0. The van der Waals surface area contributed by atoms with E-state index in [4.69, 9.17) is 40.4 Å². The maximum absolute atomic E-state index is 12.7. The molecule has 9 nitrogen and oxygen atoms in total. The zero-order valence-corrected chi connectivity index (χ0v) is 22.5. The third-order valence-corrected chi connectivity index (χ3v) is 6.26. The number of hydrogen-bond acceptors (Lipinski definition) is 7. The fraction of sp³-hybridized carbons (Fsp3) is 0.310. The van der Waals surface area contributed by atoms with Gasteiger partial charge in [-0.15, -0.1) is 0 Å². The Labute approximate surface area is 231 Å². The van der Waals surface area contributed by atoms with Crippen molar-refractivity contribution in [3.05, 3.63) is 76.3 Å². The van der Waals surface area contributed by atoms with Gasteiger partial charge in [-0.2, -0.15) is 0 Å². The predicted molar refractivity (Wildman–Crippen MR) is 145 cm³/mol. The van der Waals surface area contributed by atoms with Crippen LogP contribution in [0.2, 0.25) is 5.02 Å². The second kappa shape index (κ2) is 13.1. The van der Waals surface area contributed by atoms with Crippen LogP contribution in [0.3, 0.4) is 0 Å². The Hall–Kier alpha value is -4.11. The van der Waals surface area contributed by atoms with E-state index < -0.39 is 12.3 Å². The Bertz CT molecular complexity index is 1310. The van der Waals surface area contributed by atoms with Gasteiger partial charge in [-0.3, -0.25) is 4.79 Å². The molecule has 0 aliphatic carbocycles. The zero-order valence-electron chi connectivity index (χ0n) is 21.7. The molecular weight excluding hydrogens is 526 g/mol. The van der Waals surface area contributed by atoms with Crippen molar-refractivity contribution in [1.29, 1.82) is 0 Å². The molecule has 3 aromatic carbocycles. The van der Waals surface area contributed by atoms with Crippen molar-refractivity contribution < 1.29 is 38.4 Å².